The van der Waals surface area contributed by atoms with Crippen molar-refractivity contribution in [1.29, 1.82) is 0 Å². The van der Waals surface area contributed by atoms with Gasteiger partial charge in [0.05, 0.1) is 5.56 Å². The average Bonchev–Trinajstić information content (AvgIpc) is 3.68. The van der Waals surface area contributed by atoms with Crippen LogP contribution in [-0.4, -0.2) is 101 Å². The van der Waals surface area contributed by atoms with Crippen molar-refractivity contribution >= 4 is 168 Å². The first-order chi connectivity index (χ1) is 28.8. The Hall–Kier alpha value is -5.94. The molecule has 0 fully saturated rings. The van der Waals surface area contributed by atoms with Crippen molar-refractivity contribution in [3.8, 4) is 67.5 Å². The Morgan fingerprint density at radius 1 is 0.267 bits per heavy atom. The highest BCUT2D eigenvalue weighted by Gasteiger charge is 2.27. The van der Waals surface area contributed by atoms with Crippen molar-refractivity contribution in [2.24, 2.45) is 0 Å². The third-order valence-electron chi connectivity index (χ3n) is 10.9. The molecular weight excluding hydrogens is 717 g/mol. The molecule has 0 aliphatic rings. The summed E-state index contributed by atoms with van der Waals surface area (Å²) >= 11 is 0. The van der Waals surface area contributed by atoms with Crippen molar-refractivity contribution in [1.82, 2.24) is 15.0 Å². The van der Waals surface area contributed by atoms with Crippen molar-refractivity contribution < 1.29 is 4.42 Å². The van der Waals surface area contributed by atoms with Crippen LogP contribution in [0, 0.1) is 0 Å². The van der Waals surface area contributed by atoms with E-state index in [9.17, 15) is 0 Å². The minimum Gasteiger partial charge on any atom is -0.456 e. The summed E-state index contributed by atoms with van der Waals surface area (Å²) in [5.74, 6) is 0.844. The molecule has 2 heterocycles. The van der Waals surface area contributed by atoms with Crippen LogP contribution in [0.4, 0.5) is 0 Å². The van der Waals surface area contributed by atoms with Crippen LogP contribution in [0.15, 0.2) is 114 Å². The van der Waals surface area contributed by atoms with E-state index in [1.54, 1.807) is 0 Å². The summed E-state index contributed by atoms with van der Waals surface area (Å²) < 4.78 is 6.59. The van der Waals surface area contributed by atoms with Crippen LogP contribution in [-0.2, 0) is 0 Å². The monoisotopic (exact) mass is 737 g/mol. The van der Waals surface area contributed by atoms with Crippen LogP contribution in [0.2, 0.25) is 0 Å². The number of fused-ring (bicyclic) bond motifs is 3. The Labute approximate surface area is 362 Å². The lowest BCUT2D eigenvalue weighted by atomic mass is 9.57. The molecule has 22 radical (unpaired) electrons. The minimum atomic E-state index is -0.0187. The van der Waals surface area contributed by atoms with Crippen LogP contribution < -0.4 is 60.1 Å². The van der Waals surface area contributed by atoms with E-state index in [0.717, 1.165) is 27.8 Å². The summed E-state index contributed by atoms with van der Waals surface area (Å²) in [6.07, 6.45) is 0. The molecule has 2 aromatic heterocycles. The molecule has 0 spiro atoms. The molecule has 9 aromatic rings. The zero-order chi connectivity index (χ0) is 42.1. The Kier molecular flexibility index (Phi) is 10.1. The molecule has 60 heavy (non-hydrogen) atoms. The predicted molar refractivity (Wildman–Crippen MR) is 259 cm³/mol. The number of hydrogen-bond acceptors (Lipinski definition) is 4. The fourth-order valence-electron chi connectivity index (χ4n) is 7.60. The molecule has 0 unspecified atom stereocenters. The van der Waals surface area contributed by atoms with Gasteiger partial charge in [-0.1, -0.05) is 142 Å². The summed E-state index contributed by atoms with van der Waals surface area (Å²) in [6.45, 7) is 0. The van der Waals surface area contributed by atoms with Gasteiger partial charge in [-0.25, -0.2) is 15.0 Å². The van der Waals surface area contributed by atoms with E-state index in [-0.39, 0.29) is 105 Å². The first-order valence-electron chi connectivity index (χ1n) is 18.6. The van der Waals surface area contributed by atoms with Crippen LogP contribution in [0.5, 0.6) is 0 Å². The van der Waals surface area contributed by atoms with Gasteiger partial charge in [0.15, 0.2) is 17.5 Å². The van der Waals surface area contributed by atoms with E-state index in [2.05, 4.69) is 36.4 Å². The fraction of sp³-hybridized carbons (Fsp3) is 0. The summed E-state index contributed by atoms with van der Waals surface area (Å²) in [4.78, 5) is 14.8. The summed E-state index contributed by atoms with van der Waals surface area (Å²) in [7, 11) is 72.1. The standard InChI is InChI=1S/C45H18B11N3O/c46-30-25(27-31(47)36(52)39(55)37(53)32(27)48)26-28-33(49)35(51)34(50)29(41(28)60-42(26)40(56)38(30)54)45-58-43(23-9-5-2-6-10-23)57-44(59-45)24-17-15-22(16-18-24)21-13-11-20(12-14-21)19-7-3-1-4-8-19/h1-18H. The number of rotatable bonds is 6. The molecule has 0 saturated carbocycles. The van der Waals surface area contributed by atoms with Crippen molar-refractivity contribution in [2.45, 2.75) is 0 Å². The molecule has 252 valence electrons. The Morgan fingerprint density at radius 3 is 1.13 bits per heavy atom. The second kappa shape index (κ2) is 15.3. The molecule has 0 aliphatic heterocycles. The van der Waals surface area contributed by atoms with E-state index in [0.29, 0.717) is 17.2 Å². The summed E-state index contributed by atoms with van der Waals surface area (Å²) in [5, 5.41) is 0.533. The Morgan fingerprint density at radius 2 is 0.617 bits per heavy atom. The van der Waals surface area contributed by atoms with Crippen molar-refractivity contribution in [2.75, 3.05) is 0 Å². The first kappa shape index (κ1) is 39.5. The van der Waals surface area contributed by atoms with Gasteiger partial charge in [-0.15, -0.1) is 27.3 Å². The van der Waals surface area contributed by atoms with E-state index >= 15 is 0 Å². The lowest BCUT2D eigenvalue weighted by Gasteiger charge is -2.25. The van der Waals surface area contributed by atoms with Gasteiger partial charge in [0.25, 0.3) is 0 Å². The highest BCUT2D eigenvalue weighted by atomic mass is 16.3. The molecule has 0 aliphatic carbocycles. The molecule has 9 rings (SSSR count). The van der Waals surface area contributed by atoms with Crippen molar-refractivity contribution in [3.63, 3.8) is 0 Å². The van der Waals surface area contributed by atoms with Crippen molar-refractivity contribution in [3.05, 3.63) is 109 Å². The topological polar surface area (TPSA) is 51.8 Å². The smallest absolute Gasteiger partial charge is 0.167 e. The highest BCUT2D eigenvalue weighted by molar-refractivity contribution is 6.71. The van der Waals surface area contributed by atoms with Crippen LogP contribution in [0.3, 0.4) is 0 Å². The van der Waals surface area contributed by atoms with Gasteiger partial charge < -0.3 is 4.42 Å². The lowest BCUT2D eigenvalue weighted by molar-refractivity contribution is 0.673. The third kappa shape index (κ3) is 6.36. The molecular formula is C45H18B11N3O. The maximum Gasteiger partial charge on any atom is 0.167 e. The molecule has 4 nitrogen and oxygen atoms in total. The molecule has 0 saturated heterocycles. The Balaban J connectivity index is 1.27. The number of benzene rings is 7. The van der Waals surface area contributed by atoms with Gasteiger partial charge in [-0.3, -0.25) is 0 Å². The zero-order valence-corrected chi connectivity index (χ0v) is 32.0. The predicted octanol–water partition coefficient (Wildman–Crippen LogP) is -1.50. The number of aromatic nitrogens is 3. The largest absolute Gasteiger partial charge is 0.456 e. The van der Waals surface area contributed by atoms with Gasteiger partial charge in [-0.2, -0.15) is 0 Å². The van der Waals surface area contributed by atoms with Gasteiger partial charge in [0, 0.05) is 21.9 Å². The van der Waals surface area contributed by atoms with E-state index < -0.39 is 0 Å². The van der Waals surface area contributed by atoms with Crippen LogP contribution in [0.1, 0.15) is 0 Å². The molecule has 0 bridgehead atoms. The van der Waals surface area contributed by atoms with E-state index in [4.69, 9.17) is 106 Å². The van der Waals surface area contributed by atoms with E-state index in [1.165, 1.54) is 0 Å². The highest BCUT2D eigenvalue weighted by Crippen LogP contribution is 2.36. The second-order valence-electron chi connectivity index (χ2n) is 14.4. The maximum absolute atomic E-state index is 6.83. The minimum absolute atomic E-state index is 0.00207. The number of nitrogens with zero attached hydrogens (tertiary/aromatic N) is 3. The number of furan rings is 1. The molecule has 7 aromatic carbocycles. The molecule has 0 amide bonds. The first-order valence-corrected chi connectivity index (χ1v) is 18.6. The molecule has 15 heteroatoms. The quantitative estimate of drug-likeness (QED) is 0.196. The van der Waals surface area contributed by atoms with Gasteiger partial charge in [-0.05, 0) is 33.4 Å². The maximum atomic E-state index is 6.83. The molecule has 0 N–H and O–H groups in total. The fourth-order valence-corrected chi connectivity index (χ4v) is 7.60. The summed E-state index contributed by atoms with van der Waals surface area (Å²) in [6, 6.07) is 36.0. The third-order valence-corrected chi connectivity index (χ3v) is 10.9. The van der Waals surface area contributed by atoms with Gasteiger partial charge in [0.1, 0.15) is 97.5 Å². The second-order valence-corrected chi connectivity index (χ2v) is 14.4. The Bertz CT molecular complexity index is 3170. The van der Waals surface area contributed by atoms with Gasteiger partial charge in [0.2, 0.25) is 0 Å². The molecule has 0 atom stereocenters. The van der Waals surface area contributed by atoms with Crippen LogP contribution in [0.25, 0.3) is 89.5 Å². The number of hydrogen-bond donors (Lipinski definition) is 0. The average molecular weight is 736 g/mol. The van der Waals surface area contributed by atoms with Gasteiger partial charge >= 0.3 is 0 Å². The lowest BCUT2D eigenvalue weighted by Crippen LogP contribution is -2.56. The van der Waals surface area contributed by atoms with Crippen LogP contribution >= 0.6 is 0 Å². The zero-order valence-electron chi connectivity index (χ0n) is 32.0. The normalized spacial score (nSPS) is 11.4. The van der Waals surface area contributed by atoms with E-state index in [1.807, 2.05) is 72.8 Å². The summed E-state index contributed by atoms with van der Waals surface area (Å²) in [5.41, 5.74) is 6.62. The SMILES string of the molecule is [B]c1c([B])c([B])c(-c2c([B])c([B])c([B])c3oc4c(-c5nc(-c6ccccc6)nc(-c6ccc(-c7ccc(-c8ccccc8)cc7)cc6)n5)c([B])c([B])c([B])c4c23)c([B])c1[B].